The van der Waals surface area contributed by atoms with Crippen LogP contribution in [0.2, 0.25) is 0 Å². The van der Waals surface area contributed by atoms with Gasteiger partial charge in [0.25, 0.3) is 0 Å². The van der Waals surface area contributed by atoms with Crippen molar-refractivity contribution in [1.29, 1.82) is 0 Å². The van der Waals surface area contributed by atoms with Crippen LogP contribution in [0.15, 0.2) is 54.6 Å². The average molecular weight is 297 g/mol. The van der Waals surface area contributed by atoms with Crippen LogP contribution in [0.4, 0.5) is 4.39 Å². The molecule has 114 valence electrons. The van der Waals surface area contributed by atoms with E-state index in [9.17, 15) is 9.18 Å². The molecule has 0 aliphatic carbocycles. The molecule has 0 aromatic heterocycles. The molecule has 0 radical (unpaired) electrons. The zero-order chi connectivity index (χ0) is 15.9. The van der Waals surface area contributed by atoms with Gasteiger partial charge < -0.3 is 5.32 Å². The first-order chi connectivity index (χ1) is 10.6. The molecule has 0 atom stereocenters. The lowest BCUT2D eigenvalue weighted by Crippen LogP contribution is -2.20. The molecule has 0 fully saturated rings. The summed E-state index contributed by atoms with van der Waals surface area (Å²) >= 11 is 0. The van der Waals surface area contributed by atoms with Crippen LogP contribution in [0.1, 0.15) is 36.5 Å². The Morgan fingerprint density at radius 3 is 2.45 bits per heavy atom. The summed E-state index contributed by atoms with van der Waals surface area (Å²) in [6.07, 6.45) is 3.21. The number of nitrogens with one attached hydrogen (secondary N) is 1. The molecule has 1 amide bonds. The van der Waals surface area contributed by atoms with Gasteiger partial charge in [-0.3, -0.25) is 4.79 Å². The second kappa shape index (κ2) is 7.55. The third-order valence-electron chi connectivity index (χ3n) is 3.44. The maximum Gasteiger partial charge on any atom is 0.244 e. The van der Waals surface area contributed by atoms with Crippen LogP contribution in [0.5, 0.6) is 0 Å². The number of halogens is 1. The van der Waals surface area contributed by atoms with Gasteiger partial charge in [-0.2, -0.15) is 0 Å². The van der Waals surface area contributed by atoms with Gasteiger partial charge in [-0.15, -0.1) is 0 Å². The molecule has 3 heteroatoms. The Hall–Kier alpha value is -2.42. The van der Waals surface area contributed by atoms with Gasteiger partial charge in [0.05, 0.1) is 0 Å². The third-order valence-corrected chi connectivity index (χ3v) is 3.44. The molecule has 22 heavy (non-hydrogen) atoms. The largest absolute Gasteiger partial charge is 0.348 e. The SMILES string of the molecule is CC(C)c1ccc(/C=C/C(=O)NCc2ccccc2F)cc1. The molecule has 0 saturated carbocycles. The van der Waals surface area contributed by atoms with Crippen LogP contribution >= 0.6 is 0 Å². The average Bonchev–Trinajstić information content (AvgIpc) is 2.52. The van der Waals surface area contributed by atoms with Crippen LogP contribution in [0, 0.1) is 5.82 Å². The molecule has 0 bridgehead atoms. The Morgan fingerprint density at radius 1 is 1.14 bits per heavy atom. The Balaban J connectivity index is 1.90. The summed E-state index contributed by atoms with van der Waals surface area (Å²) in [5.41, 5.74) is 2.71. The second-order valence-corrected chi connectivity index (χ2v) is 5.46. The van der Waals surface area contributed by atoms with Crippen molar-refractivity contribution in [3.8, 4) is 0 Å². The fourth-order valence-electron chi connectivity index (χ4n) is 2.05. The van der Waals surface area contributed by atoms with E-state index in [4.69, 9.17) is 0 Å². The molecule has 0 aliphatic heterocycles. The molecule has 0 spiro atoms. The van der Waals surface area contributed by atoms with Crippen molar-refractivity contribution >= 4 is 12.0 Å². The maximum absolute atomic E-state index is 13.4. The van der Waals surface area contributed by atoms with E-state index in [-0.39, 0.29) is 18.3 Å². The molecule has 2 nitrogen and oxygen atoms in total. The Morgan fingerprint density at radius 2 is 1.82 bits per heavy atom. The minimum absolute atomic E-state index is 0.183. The van der Waals surface area contributed by atoms with E-state index in [1.165, 1.54) is 17.7 Å². The molecule has 1 N–H and O–H groups in total. The maximum atomic E-state index is 13.4. The monoisotopic (exact) mass is 297 g/mol. The minimum atomic E-state index is -0.309. The summed E-state index contributed by atoms with van der Waals surface area (Å²) < 4.78 is 13.4. The second-order valence-electron chi connectivity index (χ2n) is 5.46. The van der Waals surface area contributed by atoms with Crippen molar-refractivity contribution in [2.24, 2.45) is 0 Å². The van der Waals surface area contributed by atoms with Crippen LogP contribution < -0.4 is 5.32 Å². The quantitative estimate of drug-likeness (QED) is 0.820. The number of hydrogen-bond acceptors (Lipinski definition) is 1. The van der Waals surface area contributed by atoms with Crippen LogP contribution in [-0.4, -0.2) is 5.91 Å². The molecule has 2 aromatic rings. The number of carbonyl (C=O) groups excluding carboxylic acids is 1. The van der Waals surface area contributed by atoms with Crippen molar-refractivity contribution in [1.82, 2.24) is 5.32 Å². The molecular weight excluding hydrogens is 277 g/mol. The van der Waals surface area contributed by atoms with E-state index >= 15 is 0 Å². The summed E-state index contributed by atoms with van der Waals surface area (Å²) in [5.74, 6) is -0.0608. The van der Waals surface area contributed by atoms with Crippen LogP contribution in [0.3, 0.4) is 0 Å². The summed E-state index contributed by atoms with van der Waals surface area (Å²) in [7, 11) is 0. The molecule has 0 unspecified atom stereocenters. The van der Waals surface area contributed by atoms with Crippen molar-refractivity contribution in [2.75, 3.05) is 0 Å². The fourth-order valence-corrected chi connectivity index (χ4v) is 2.05. The van der Waals surface area contributed by atoms with E-state index in [0.717, 1.165) is 5.56 Å². The summed E-state index contributed by atoms with van der Waals surface area (Å²) in [5, 5.41) is 2.67. The normalized spacial score (nSPS) is 11.1. The van der Waals surface area contributed by atoms with Gasteiger partial charge in [0.15, 0.2) is 0 Å². The van der Waals surface area contributed by atoms with Gasteiger partial charge in [0.1, 0.15) is 5.82 Å². The van der Waals surface area contributed by atoms with Crippen molar-refractivity contribution in [2.45, 2.75) is 26.3 Å². The smallest absolute Gasteiger partial charge is 0.244 e. The van der Waals surface area contributed by atoms with Crippen LogP contribution in [-0.2, 0) is 11.3 Å². The van der Waals surface area contributed by atoms with E-state index in [2.05, 4.69) is 31.3 Å². The number of rotatable bonds is 5. The van der Waals surface area contributed by atoms with Gasteiger partial charge in [0, 0.05) is 18.2 Å². The Kier molecular flexibility index (Phi) is 5.48. The first kappa shape index (κ1) is 16.0. The fraction of sp³-hybridized carbons (Fsp3) is 0.211. The molecule has 2 aromatic carbocycles. The Bertz CT molecular complexity index is 659. The van der Waals surface area contributed by atoms with E-state index < -0.39 is 0 Å². The highest BCUT2D eigenvalue weighted by Crippen LogP contribution is 2.15. The predicted octanol–water partition coefficient (Wildman–Crippen LogP) is 4.28. The zero-order valence-electron chi connectivity index (χ0n) is 12.8. The number of carbonyl (C=O) groups is 1. The zero-order valence-corrected chi connectivity index (χ0v) is 12.8. The summed E-state index contributed by atoms with van der Waals surface area (Å²) in [6, 6.07) is 14.5. The molecule has 0 heterocycles. The van der Waals surface area contributed by atoms with Gasteiger partial charge in [-0.25, -0.2) is 4.39 Å². The van der Waals surface area contributed by atoms with Crippen molar-refractivity contribution < 1.29 is 9.18 Å². The van der Waals surface area contributed by atoms with Crippen molar-refractivity contribution in [3.05, 3.63) is 77.1 Å². The third kappa shape index (κ3) is 4.55. The van der Waals surface area contributed by atoms with Crippen molar-refractivity contribution in [3.63, 3.8) is 0 Å². The number of hydrogen-bond donors (Lipinski definition) is 1. The Labute approximate surface area is 130 Å². The van der Waals surface area contributed by atoms with Gasteiger partial charge in [-0.05, 0) is 29.2 Å². The molecular formula is C19H20FNO. The van der Waals surface area contributed by atoms with Gasteiger partial charge in [-0.1, -0.05) is 56.3 Å². The first-order valence-electron chi connectivity index (χ1n) is 7.35. The molecule has 0 saturated heterocycles. The minimum Gasteiger partial charge on any atom is -0.348 e. The van der Waals surface area contributed by atoms with E-state index in [1.807, 2.05) is 12.1 Å². The topological polar surface area (TPSA) is 29.1 Å². The lowest BCUT2D eigenvalue weighted by Gasteiger charge is -2.05. The summed E-state index contributed by atoms with van der Waals surface area (Å²) in [6.45, 7) is 4.46. The lowest BCUT2D eigenvalue weighted by molar-refractivity contribution is -0.116. The number of amides is 1. The van der Waals surface area contributed by atoms with E-state index in [0.29, 0.717) is 11.5 Å². The van der Waals surface area contributed by atoms with Gasteiger partial charge in [0.2, 0.25) is 5.91 Å². The predicted molar refractivity (Wildman–Crippen MR) is 87.8 cm³/mol. The highest BCUT2D eigenvalue weighted by atomic mass is 19.1. The number of benzene rings is 2. The highest BCUT2D eigenvalue weighted by molar-refractivity contribution is 5.91. The summed E-state index contributed by atoms with van der Waals surface area (Å²) in [4.78, 5) is 11.8. The molecule has 2 rings (SSSR count). The molecule has 0 aliphatic rings. The highest BCUT2D eigenvalue weighted by Gasteiger charge is 2.02. The van der Waals surface area contributed by atoms with E-state index in [1.54, 1.807) is 24.3 Å². The van der Waals surface area contributed by atoms with Gasteiger partial charge >= 0.3 is 0 Å². The first-order valence-corrected chi connectivity index (χ1v) is 7.35. The lowest BCUT2D eigenvalue weighted by atomic mass is 10.0. The van der Waals surface area contributed by atoms with Crippen LogP contribution in [0.25, 0.3) is 6.08 Å². The standard InChI is InChI=1S/C19H20FNO/c1-14(2)16-10-7-15(8-11-16)9-12-19(22)21-13-17-5-3-4-6-18(17)20/h3-12,14H,13H2,1-2H3,(H,21,22)/b12-9+.